The van der Waals surface area contributed by atoms with E-state index in [-0.39, 0.29) is 12.7 Å². The van der Waals surface area contributed by atoms with Crippen LogP contribution in [0, 0.1) is 0 Å². The monoisotopic (exact) mass is 271 g/mol. The molecule has 0 spiro atoms. The Labute approximate surface area is 115 Å². The number of benzene rings is 1. The van der Waals surface area contributed by atoms with Gasteiger partial charge in [-0.2, -0.15) is 0 Å². The molecule has 1 aliphatic heterocycles. The maximum absolute atomic E-state index is 11.8. The normalized spacial score (nSPS) is 12.2. The van der Waals surface area contributed by atoms with Gasteiger partial charge in [-0.15, -0.1) is 0 Å². The van der Waals surface area contributed by atoms with Crippen molar-refractivity contribution in [1.29, 1.82) is 0 Å². The van der Waals surface area contributed by atoms with Gasteiger partial charge in [0.05, 0.1) is 6.20 Å². The maximum Gasteiger partial charge on any atom is 0.271 e. The number of carbonyl (C=O) groups is 1. The van der Waals surface area contributed by atoms with Crippen LogP contribution in [0.2, 0.25) is 0 Å². The molecular formula is C14H13N3O3. The highest BCUT2D eigenvalue weighted by atomic mass is 16.7. The summed E-state index contributed by atoms with van der Waals surface area (Å²) in [6, 6.07) is 5.76. The summed E-state index contributed by atoms with van der Waals surface area (Å²) in [6.07, 6.45) is 5.18. The summed E-state index contributed by atoms with van der Waals surface area (Å²) in [6.45, 7) is 0.789. The molecule has 0 saturated carbocycles. The average molecular weight is 271 g/mol. The third kappa shape index (κ3) is 2.69. The van der Waals surface area contributed by atoms with Gasteiger partial charge in [-0.05, 0) is 24.1 Å². The molecule has 3 rings (SSSR count). The standard InChI is InChI=1S/C14H13N3O3/c18-14(11-8-15-5-6-16-11)17-4-3-10-1-2-12-13(7-10)20-9-19-12/h1-2,5-8H,3-4,9H2,(H,17,18). The highest BCUT2D eigenvalue weighted by molar-refractivity contribution is 5.91. The maximum atomic E-state index is 11.8. The summed E-state index contributed by atoms with van der Waals surface area (Å²) in [7, 11) is 0. The lowest BCUT2D eigenvalue weighted by Gasteiger charge is -2.05. The molecule has 0 fully saturated rings. The first-order valence-corrected chi connectivity index (χ1v) is 6.26. The second kappa shape index (κ2) is 5.56. The van der Waals surface area contributed by atoms with E-state index in [0.29, 0.717) is 18.7 Å². The topological polar surface area (TPSA) is 73.3 Å². The van der Waals surface area contributed by atoms with Crippen molar-refractivity contribution in [3.8, 4) is 11.5 Å². The second-order valence-electron chi connectivity index (χ2n) is 4.28. The number of rotatable bonds is 4. The molecule has 1 N–H and O–H groups in total. The van der Waals surface area contributed by atoms with Crippen molar-refractivity contribution in [3.63, 3.8) is 0 Å². The Morgan fingerprint density at radius 1 is 1.25 bits per heavy atom. The Bertz CT molecular complexity index is 616. The molecule has 20 heavy (non-hydrogen) atoms. The number of hydrogen-bond donors (Lipinski definition) is 1. The van der Waals surface area contributed by atoms with E-state index in [1.54, 1.807) is 0 Å². The molecule has 102 valence electrons. The average Bonchev–Trinajstić information content (AvgIpc) is 2.95. The number of carbonyl (C=O) groups excluding carboxylic acids is 1. The zero-order chi connectivity index (χ0) is 13.8. The number of ether oxygens (including phenoxy) is 2. The molecule has 0 radical (unpaired) electrons. The summed E-state index contributed by atoms with van der Waals surface area (Å²) in [5.41, 5.74) is 1.40. The first-order valence-electron chi connectivity index (χ1n) is 6.26. The summed E-state index contributed by atoms with van der Waals surface area (Å²) in [5, 5.41) is 2.80. The van der Waals surface area contributed by atoms with Crippen molar-refractivity contribution < 1.29 is 14.3 Å². The summed E-state index contributed by atoms with van der Waals surface area (Å²) in [5.74, 6) is 1.29. The SMILES string of the molecule is O=C(NCCc1ccc2c(c1)OCO2)c1cnccn1. The Morgan fingerprint density at radius 2 is 2.15 bits per heavy atom. The molecule has 0 saturated heterocycles. The molecule has 2 aromatic rings. The van der Waals surface area contributed by atoms with Crippen molar-refractivity contribution in [2.75, 3.05) is 13.3 Å². The highest BCUT2D eigenvalue weighted by Gasteiger charge is 2.13. The molecular weight excluding hydrogens is 258 g/mol. The van der Waals surface area contributed by atoms with Crippen LogP contribution >= 0.6 is 0 Å². The van der Waals surface area contributed by atoms with Crippen molar-refractivity contribution in [3.05, 3.63) is 48.0 Å². The van der Waals surface area contributed by atoms with E-state index in [4.69, 9.17) is 9.47 Å². The molecule has 0 aliphatic carbocycles. The number of aromatic nitrogens is 2. The molecule has 1 aromatic carbocycles. The third-order valence-electron chi connectivity index (χ3n) is 2.93. The number of fused-ring (bicyclic) bond motifs is 1. The minimum absolute atomic E-state index is 0.223. The van der Waals surface area contributed by atoms with Crippen LogP contribution in [0.4, 0.5) is 0 Å². The van der Waals surface area contributed by atoms with Crippen LogP contribution in [-0.4, -0.2) is 29.2 Å². The van der Waals surface area contributed by atoms with E-state index in [1.807, 2.05) is 18.2 Å². The molecule has 6 nitrogen and oxygen atoms in total. The first-order chi connectivity index (χ1) is 9.83. The molecule has 2 heterocycles. The zero-order valence-electron chi connectivity index (χ0n) is 10.7. The second-order valence-corrected chi connectivity index (χ2v) is 4.28. The third-order valence-corrected chi connectivity index (χ3v) is 2.93. The number of nitrogens with one attached hydrogen (secondary N) is 1. The predicted octanol–water partition coefficient (Wildman–Crippen LogP) is 1.18. The number of nitrogens with zero attached hydrogens (tertiary/aromatic N) is 2. The van der Waals surface area contributed by atoms with Crippen LogP contribution in [-0.2, 0) is 6.42 Å². The van der Waals surface area contributed by atoms with Crippen molar-refractivity contribution in [2.45, 2.75) is 6.42 Å². The zero-order valence-corrected chi connectivity index (χ0v) is 10.7. The summed E-state index contributed by atoms with van der Waals surface area (Å²) < 4.78 is 10.6. The van der Waals surface area contributed by atoms with Crippen LogP contribution in [0.3, 0.4) is 0 Å². The number of hydrogen-bond acceptors (Lipinski definition) is 5. The Hall–Kier alpha value is -2.63. The molecule has 1 aliphatic rings. The fourth-order valence-corrected chi connectivity index (χ4v) is 1.92. The fraction of sp³-hybridized carbons (Fsp3) is 0.214. The molecule has 0 unspecified atom stereocenters. The Balaban J connectivity index is 1.54. The molecule has 1 amide bonds. The molecule has 1 aromatic heterocycles. The van der Waals surface area contributed by atoms with Crippen LogP contribution in [0.15, 0.2) is 36.8 Å². The summed E-state index contributed by atoms with van der Waals surface area (Å²) in [4.78, 5) is 19.6. The van der Waals surface area contributed by atoms with Gasteiger partial charge in [0.15, 0.2) is 11.5 Å². The van der Waals surface area contributed by atoms with E-state index in [0.717, 1.165) is 17.1 Å². The van der Waals surface area contributed by atoms with Gasteiger partial charge in [0.2, 0.25) is 6.79 Å². The van der Waals surface area contributed by atoms with E-state index >= 15 is 0 Å². The van der Waals surface area contributed by atoms with Gasteiger partial charge in [0.25, 0.3) is 5.91 Å². The van der Waals surface area contributed by atoms with Crippen LogP contribution in [0.5, 0.6) is 11.5 Å². The first kappa shape index (κ1) is 12.4. The van der Waals surface area contributed by atoms with E-state index < -0.39 is 0 Å². The minimum Gasteiger partial charge on any atom is -0.454 e. The van der Waals surface area contributed by atoms with Gasteiger partial charge in [0.1, 0.15) is 5.69 Å². The smallest absolute Gasteiger partial charge is 0.271 e. The Morgan fingerprint density at radius 3 is 3.00 bits per heavy atom. The lowest BCUT2D eigenvalue weighted by Crippen LogP contribution is -2.26. The van der Waals surface area contributed by atoms with Crippen LogP contribution in [0.1, 0.15) is 16.1 Å². The van der Waals surface area contributed by atoms with Crippen molar-refractivity contribution in [2.24, 2.45) is 0 Å². The van der Waals surface area contributed by atoms with Gasteiger partial charge < -0.3 is 14.8 Å². The predicted molar refractivity (Wildman–Crippen MR) is 70.6 cm³/mol. The molecule has 0 bridgehead atoms. The van der Waals surface area contributed by atoms with E-state index in [9.17, 15) is 4.79 Å². The van der Waals surface area contributed by atoms with Gasteiger partial charge in [0, 0.05) is 18.9 Å². The number of amides is 1. The van der Waals surface area contributed by atoms with Gasteiger partial charge in [-0.1, -0.05) is 6.07 Å². The largest absolute Gasteiger partial charge is 0.454 e. The Kier molecular flexibility index (Phi) is 3.45. The van der Waals surface area contributed by atoms with Gasteiger partial charge in [-0.3, -0.25) is 9.78 Å². The van der Waals surface area contributed by atoms with Gasteiger partial charge >= 0.3 is 0 Å². The van der Waals surface area contributed by atoms with Crippen LogP contribution < -0.4 is 14.8 Å². The lowest BCUT2D eigenvalue weighted by atomic mass is 10.1. The van der Waals surface area contributed by atoms with Gasteiger partial charge in [-0.25, -0.2) is 4.98 Å². The van der Waals surface area contributed by atoms with E-state index in [1.165, 1.54) is 18.6 Å². The lowest BCUT2D eigenvalue weighted by molar-refractivity contribution is 0.0948. The van der Waals surface area contributed by atoms with Crippen molar-refractivity contribution in [1.82, 2.24) is 15.3 Å². The van der Waals surface area contributed by atoms with Crippen LogP contribution in [0.25, 0.3) is 0 Å². The summed E-state index contributed by atoms with van der Waals surface area (Å²) >= 11 is 0. The minimum atomic E-state index is -0.223. The highest BCUT2D eigenvalue weighted by Crippen LogP contribution is 2.32. The fourth-order valence-electron chi connectivity index (χ4n) is 1.92. The molecule has 0 atom stereocenters. The van der Waals surface area contributed by atoms with Crippen molar-refractivity contribution >= 4 is 5.91 Å². The quantitative estimate of drug-likeness (QED) is 0.903. The molecule has 6 heteroatoms. The van der Waals surface area contributed by atoms with E-state index in [2.05, 4.69) is 15.3 Å².